The van der Waals surface area contributed by atoms with Crippen LogP contribution in [0.1, 0.15) is 20.7 Å². The van der Waals surface area contributed by atoms with Crippen molar-refractivity contribution in [2.45, 2.75) is 0 Å². The van der Waals surface area contributed by atoms with Crippen molar-refractivity contribution in [1.82, 2.24) is 29.5 Å². The standard InChI is InChI=1S/C22H18FN5O.C12H9BrFN3O.C10H11BN2O2/c1-28-19(13-18(27-28)14-7-3-2-4-8-14)16-11-12-20(25-21(16)24)26-22(29)15-9-5-6-10-17(15)23;13-8-5-6-10(16-11(8)15)17-12(18)7-3-1-2-4-9(7)14;1-13-10(11(14)15)7-9(12-13)8-5-3-2-4-6-8/h2-13H,1H3,(H3,24,25,26,29);1-6H,(H3,15,16,17,18);2-7,14-15H,1H3. The first-order valence-electron chi connectivity index (χ1n) is 18.6. The zero-order chi connectivity index (χ0) is 44.3. The van der Waals surface area contributed by atoms with Crippen LogP contribution in [0.2, 0.25) is 0 Å². The van der Waals surface area contributed by atoms with Crippen LogP contribution in [-0.4, -0.2) is 58.5 Å². The highest BCUT2D eigenvalue weighted by atomic mass is 79.9. The number of carbonyl (C=O) groups excluding carboxylic acids is 2. The van der Waals surface area contributed by atoms with Crippen LogP contribution in [0, 0.1) is 11.6 Å². The fourth-order valence-corrected chi connectivity index (χ4v) is 6.11. The normalized spacial score (nSPS) is 10.4. The lowest BCUT2D eigenvalue weighted by atomic mass is 9.85. The van der Waals surface area contributed by atoms with Gasteiger partial charge in [-0.15, -0.1) is 0 Å². The molecule has 0 spiro atoms. The Labute approximate surface area is 363 Å². The number of benzene rings is 4. The van der Waals surface area contributed by atoms with Gasteiger partial charge >= 0.3 is 7.12 Å². The maximum Gasteiger partial charge on any atom is 0.507 e. The van der Waals surface area contributed by atoms with Crippen molar-refractivity contribution < 1.29 is 28.4 Å². The number of pyridine rings is 2. The molecule has 62 heavy (non-hydrogen) atoms. The number of nitrogen functional groups attached to an aromatic ring is 2. The Hall–Kier alpha value is -7.54. The summed E-state index contributed by atoms with van der Waals surface area (Å²) in [5, 5.41) is 31.9. The van der Waals surface area contributed by atoms with Gasteiger partial charge in [-0.1, -0.05) is 84.9 Å². The average Bonchev–Trinajstić information content (AvgIpc) is 3.86. The highest BCUT2D eigenvalue weighted by molar-refractivity contribution is 9.10. The van der Waals surface area contributed by atoms with Crippen molar-refractivity contribution in [3.05, 3.63) is 173 Å². The smallest absolute Gasteiger partial charge is 0.422 e. The number of aryl methyl sites for hydroxylation is 2. The number of halogens is 3. The van der Waals surface area contributed by atoms with Crippen molar-refractivity contribution in [1.29, 1.82) is 0 Å². The molecule has 0 bridgehead atoms. The molecule has 0 aliphatic carbocycles. The van der Waals surface area contributed by atoms with E-state index in [-0.39, 0.29) is 34.4 Å². The number of rotatable bonds is 8. The first-order valence-corrected chi connectivity index (χ1v) is 19.4. The number of nitrogens with one attached hydrogen (secondary N) is 2. The molecule has 8 N–H and O–H groups in total. The molecule has 4 aromatic carbocycles. The number of amides is 2. The first kappa shape index (κ1) is 44.0. The van der Waals surface area contributed by atoms with Crippen molar-refractivity contribution in [3.63, 3.8) is 0 Å². The van der Waals surface area contributed by atoms with Gasteiger partial charge in [0.1, 0.15) is 34.9 Å². The summed E-state index contributed by atoms with van der Waals surface area (Å²) in [7, 11) is 2.02. The van der Waals surface area contributed by atoms with Crippen LogP contribution in [0.25, 0.3) is 33.8 Å². The van der Waals surface area contributed by atoms with Crippen molar-refractivity contribution in [3.8, 4) is 33.8 Å². The number of hydrogen-bond donors (Lipinski definition) is 6. The maximum atomic E-state index is 13.8. The SMILES string of the molecule is Cn1nc(-c2ccccc2)cc1-c1ccc(NC(=O)c2ccccc2F)nc1N.Cn1nc(-c2ccccc2)cc1B(O)O.Nc1nc(NC(=O)c2ccccc2F)ccc1Br. The van der Waals surface area contributed by atoms with Gasteiger partial charge in [0, 0.05) is 30.8 Å². The predicted octanol–water partition coefficient (Wildman–Crippen LogP) is 6.71. The van der Waals surface area contributed by atoms with E-state index < -0.39 is 30.6 Å². The number of carbonyl (C=O) groups is 2. The zero-order valence-corrected chi connectivity index (χ0v) is 34.7. The molecular formula is C44H38BBrF2N10O4. The van der Waals surface area contributed by atoms with Gasteiger partial charge in [0.05, 0.1) is 38.3 Å². The van der Waals surface area contributed by atoms with E-state index in [0.717, 1.165) is 28.2 Å². The Bertz CT molecular complexity index is 2830. The van der Waals surface area contributed by atoms with E-state index in [2.05, 4.69) is 46.7 Å². The highest BCUT2D eigenvalue weighted by Crippen LogP contribution is 2.30. The predicted molar refractivity (Wildman–Crippen MR) is 240 cm³/mol. The van der Waals surface area contributed by atoms with Gasteiger partial charge in [0.2, 0.25) is 0 Å². The molecule has 18 heteroatoms. The second-order valence-electron chi connectivity index (χ2n) is 13.3. The summed E-state index contributed by atoms with van der Waals surface area (Å²) in [5.74, 6) is -1.34. The quantitative estimate of drug-likeness (QED) is 0.0888. The molecule has 14 nitrogen and oxygen atoms in total. The van der Waals surface area contributed by atoms with Gasteiger partial charge in [-0.25, -0.2) is 18.7 Å². The molecule has 0 unspecified atom stereocenters. The van der Waals surface area contributed by atoms with Crippen LogP contribution in [0.4, 0.5) is 32.1 Å². The van der Waals surface area contributed by atoms with E-state index in [0.29, 0.717) is 15.6 Å². The molecule has 8 rings (SSSR count). The maximum absolute atomic E-state index is 13.8. The summed E-state index contributed by atoms with van der Waals surface area (Å²) in [6.07, 6.45) is 0. The molecule has 2 amide bonds. The molecule has 8 aromatic rings. The van der Waals surface area contributed by atoms with E-state index in [1.807, 2.05) is 73.8 Å². The lowest BCUT2D eigenvalue weighted by molar-refractivity contribution is 0.101. The Kier molecular flexibility index (Phi) is 14.3. The monoisotopic (exact) mass is 898 g/mol. The minimum atomic E-state index is -1.49. The molecule has 0 aliphatic rings. The number of hydrogen-bond acceptors (Lipinski definition) is 10. The van der Waals surface area contributed by atoms with Crippen LogP contribution in [-0.2, 0) is 14.1 Å². The second kappa shape index (κ2) is 20.1. The van der Waals surface area contributed by atoms with E-state index in [9.17, 15) is 18.4 Å². The average molecular weight is 900 g/mol. The third-order valence-electron chi connectivity index (χ3n) is 8.99. The minimum absolute atomic E-state index is 0.0409. The van der Waals surface area contributed by atoms with Crippen LogP contribution in [0.15, 0.2) is 150 Å². The van der Waals surface area contributed by atoms with Gasteiger partial charge in [-0.3, -0.25) is 19.0 Å². The molecular weight excluding hydrogens is 861 g/mol. The van der Waals surface area contributed by atoms with E-state index in [1.54, 1.807) is 54.2 Å². The third-order valence-corrected chi connectivity index (χ3v) is 9.66. The molecule has 4 heterocycles. The number of anilines is 4. The fraction of sp³-hybridized carbons (Fsp3) is 0.0455. The van der Waals surface area contributed by atoms with E-state index in [4.69, 9.17) is 21.5 Å². The molecule has 0 saturated carbocycles. The highest BCUT2D eigenvalue weighted by Gasteiger charge is 2.19. The molecule has 0 fully saturated rings. The lowest BCUT2D eigenvalue weighted by Crippen LogP contribution is -2.35. The third kappa shape index (κ3) is 11.0. The van der Waals surface area contributed by atoms with Gasteiger partial charge in [0.25, 0.3) is 11.8 Å². The summed E-state index contributed by atoms with van der Waals surface area (Å²) < 4.78 is 31.0. The fourth-order valence-electron chi connectivity index (χ4n) is 5.89. The van der Waals surface area contributed by atoms with Crippen LogP contribution < -0.4 is 27.7 Å². The van der Waals surface area contributed by atoms with E-state index >= 15 is 0 Å². The van der Waals surface area contributed by atoms with Crippen LogP contribution in [0.5, 0.6) is 0 Å². The molecule has 0 aliphatic heterocycles. The molecule has 0 radical (unpaired) electrons. The van der Waals surface area contributed by atoms with Crippen molar-refractivity contribution in [2.24, 2.45) is 14.1 Å². The van der Waals surface area contributed by atoms with Crippen LogP contribution >= 0.6 is 15.9 Å². The van der Waals surface area contributed by atoms with Crippen LogP contribution in [0.3, 0.4) is 0 Å². The Morgan fingerprint density at radius 1 is 0.613 bits per heavy atom. The van der Waals surface area contributed by atoms with Crippen molar-refractivity contribution >= 4 is 63.7 Å². The Morgan fingerprint density at radius 3 is 1.53 bits per heavy atom. The summed E-state index contributed by atoms with van der Waals surface area (Å²) in [5.41, 5.74) is 17.0. The van der Waals surface area contributed by atoms with Gasteiger partial charge < -0.3 is 32.1 Å². The molecule has 312 valence electrons. The van der Waals surface area contributed by atoms with Gasteiger partial charge in [-0.2, -0.15) is 10.2 Å². The number of aromatic nitrogens is 6. The Morgan fingerprint density at radius 2 is 1.06 bits per heavy atom. The Balaban J connectivity index is 0.000000167. The molecule has 0 saturated heterocycles. The minimum Gasteiger partial charge on any atom is -0.422 e. The largest absolute Gasteiger partial charge is 0.507 e. The van der Waals surface area contributed by atoms with Crippen molar-refractivity contribution in [2.75, 3.05) is 22.1 Å². The summed E-state index contributed by atoms with van der Waals surface area (Å²) in [4.78, 5) is 32.3. The van der Waals surface area contributed by atoms with Gasteiger partial charge in [0.15, 0.2) is 0 Å². The van der Waals surface area contributed by atoms with E-state index in [1.165, 1.54) is 41.1 Å². The number of nitrogens with two attached hydrogens (primary N) is 2. The summed E-state index contributed by atoms with van der Waals surface area (Å²) >= 11 is 3.19. The molecule has 4 aromatic heterocycles. The zero-order valence-electron chi connectivity index (χ0n) is 33.1. The summed E-state index contributed by atoms with van der Waals surface area (Å²) in [6.45, 7) is 0. The van der Waals surface area contributed by atoms with Gasteiger partial charge in [-0.05, 0) is 76.6 Å². The second-order valence-corrected chi connectivity index (χ2v) is 14.1. The molecule has 0 atom stereocenters. The number of nitrogens with zero attached hydrogens (tertiary/aromatic N) is 6. The first-order chi connectivity index (χ1) is 29.8. The lowest BCUT2D eigenvalue weighted by Gasteiger charge is -2.09. The topological polar surface area (TPSA) is 212 Å². The summed E-state index contributed by atoms with van der Waals surface area (Å²) in [6, 6.07) is 41.1.